The van der Waals surface area contributed by atoms with Crippen LogP contribution in [0.15, 0.2) is 30.3 Å². The number of hydrogen-bond donors (Lipinski definition) is 1. The summed E-state index contributed by atoms with van der Waals surface area (Å²) in [6.45, 7) is 0. The van der Waals surface area contributed by atoms with Crippen LogP contribution in [0.5, 0.6) is 0 Å². The molecule has 13 heavy (non-hydrogen) atoms. The highest BCUT2D eigenvalue weighted by Gasteiger charge is 2.25. The Bertz CT molecular complexity index is 249. The van der Waals surface area contributed by atoms with Crippen molar-refractivity contribution >= 4 is 0 Å². The van der Waals surface area contributed by atoms with Crippen LogP contribution in [0.4, 0.5) is 0 Å². The molecule has 1 aliphatic carbocycles. The number of rotatable bonds is 2. The van der Waals surface area contributed by atoms with Crippen molar-refractivity contribution in [2.75, 3.05) is 0 Å². The first kappa shape index (κ1) is 8.76. The van der Waals surface area contributed by atoms with Crippen molar-refractivity contribution in [2.24, 2.45) is 0 Å². The molecule has 0 saturated heterocycles. The van der Waals surface area contributed by atoms with Gasteiger partial charge in [-0.15, -0.1) is 0 Å². The van der Waals surface area contributed by atoms with E-state index in [-0.39, 0.29) is 0 Å². The van der Waals surface area contributed by atoms with E-state index in [1.807, 2.05) is 56.0 Å². The van der Waals surface area contributed by atoms with Crippen molar-refractivity contribution in [1.82, 2.24) is 0 Å². The molecule has 0 amide bonds. The van der Waals surface area contributed by atoms with Crippen LogP contribution in [0.1, 0.15) is 11.7 Å². The first-order valence-corrected chi connectivity index (χ1v) is 4.32. The lowest BCUT2D eigenvalue weighted by atomic mass is 9.95. The third-order valence-corrected chi connectivity index (χ3v) is 2.12. The lowest BCUT2D eigenvalue weighted by Gasteiger charge is -2.16. The van der Waals surface area contributed by atoms with Gasteiger partial charge in [-0.2, -0.15) is 0 Å². The third-order valence-electron chi connectivity index (χ3n) is 2.12. The summed E-state index contributed by atoms with van der Waals surface area (Å²) in [5.74, 6) is 0.950. The first-order chi connectivity index (χ1) is 6.38. The number of hydrogen-bond acceptors (Lipinski definition) is 1. The molecule has 1 fully saturated rings. The van der Waals surface area contributed by atoms with E-state index in [0.29, 0.717) is 0 Å². The van der Waals surface area contributed by atoms with E-state index in [1.54, 1.807) is 0 Å². The molecule has 0 unspecified atom stereocenters. The average Bonchev–Trinajstić information content (AvgIpc) is 2.71. The summed E-state index contributed by atoms with van der Waals surface area (Å²) in [7, 11) is 0. The predicted octanol–water partition coefficient (Wildman–Crippen LogP) is 2.13. The fourth-order valence-electron chi connectivity index (χ4n) is 1.40. The van der Waals surface area contributed by atoms with Crippen molar-refractivity contribution in [3.05, 3.63) is 67.5 Å². The molecule has 1 aromatic carbocycles. The fraction of sp³-hybridized carbons (Fsp3) is 0.0833. The quantitative estimate of drug-likeness (QED) is 0.722. The number of aliphatic hydroxyl groups is 1. The molecule has 0 bridgehead atoms. The second-order valence-electron chi connectivity index (χ2n) is 3.03. The molecular formula is C12H11O. The molecule has 0 heterocycles. The second-order valence-corrected chi connectivity index (χ2v) is 3.03. The Morgan fingerprint density at radius 2 is 1.54 bits per heavy atom. The van der Waals surface area contributed by atoms with E-state index in [1.165, 1.54) is 0 Å². The maximum Gasteiger partial charge on any atom is 0.0858 e. The Morgan fingerprint density at radius 3 is 2.15 bits per heavy atom. The highest BCUT2D eigenvalue weighted by atomic mass is 16.3. The van der Waals surface area contributed by atoms with E-state index in [4.69, 9.17) is 0 Å². The summed E-state index contributed by atoms with van der Waals surface area (Å²) in [5.41, 5.74) is 0.939. The van der Waals surface area contributed by atoms with E-state index in [2.05, 4.69) is 0 Å². The second kappa shape index (κ2) is 3.93. The smallest absolute Gasteiger partial charge is 0.0858 e. The van der Waals surface area contributed by atoms with Gasteiger partial charge in [-0.05, 0) is 31.2 Å². The molecule has 1 aromatic rings. The standard InChI is InChI=1S/C12H11O/c13-12(11-8-4-5-9-11)10-6-2-1-3-7-10/h1-9,12-13H/t12-/m1/s1. The average molecular weight is 171 g/mol. The Kier molecular flexibility index (Phi) is 2.65. The summed E-state index contributed by atoms with van der Waals surface area (Å²) in [6, 6.07) is 9.67. The lowest BCUT2D eigenvalue weighted by molar-refractivity contribution is 0.200. The SMILES string of the molecule is O[C@@H]([C]1[CH][CH][CH][CH]1)c1ccccc1. The molecule has 1 saturated carbocycles. The van der Waals surface area contributed by atoms with Gasteiger partial charge in [0, 0.05) is 5.92 Å². The van der Waals surface area contributed by atoms with Crippen LogP contribution in [0, 0.1) is 31.6 Å². The molecule has 1 heteroatoms. The van der Waals surface area contributed by atoms with E-state index in [9.17, 15) is 5.11 Å². The molecule has 65 valence electrons. The molecule has 0 aromatic heterocycles. The third kappa shape index (κ3) is 1.92. The van der Waals surface area contributed by atoms with Crippen molar-refractivity contribution in [3.63, 3.8) is 0 Å². The van der Waals surface area contributed by atoms with Crippen LogP contribution in [0.25, 0.3) is 0 Å². The summed E-state index contributed by atoms with van der Waals surface area (Å²) in [4.78, 5) is 0. The van der Waals surface area contributed by atoms with Crippen molar-refractivity contribution in [3.8, 4) is 0 Å². The van der Waals surface area contributed by atoms with Gasteiger partial charge in [0.2, 0.25) is 0 Å². The fourth-order valence-corrected chi connectivity index (χ4v) is 1.40. The largest absolute Gasteiger partial charge is 0.388 e. The monoisotopic (exact) mass is 171 g/mol. The zero-order valence-corrected chi connectivity index (χ0v) is 7.22. The molecule has 2 rings (SSSR count). The number of benzene rings is 1. The minimum absolute atomic E-state index is 0.490. The van der Waals surface area contributed by atoms with Crippen LogP contribution in [0.2, 0.25) is 0 Å². The van der Waals surface area contributed by atoms with E-state index < -0.39 is 6.10 Å². The predicted molar refractivity (Wildman–Crippen MR) is 51.8 cm³/mol. The van der Waals surface area contributed by atoms with Gasteiger partial charge in [0.25, 0.3) is 0 Å². The maximum atomic E-state index is 9.88. The molecule has 1 nitrogen and oxygen atoms in total. The van der Waals surface area contributed by atoms with Gasteiger partial charge >= 0.3 is 0 Å². The highest BCUT2D eigenvalue weighted by Crippen LogP contribution is 2.34. The topological polar surface area (TPSA) is 20.2 Å². The molecule has 1 N–H and O–H groups in total. The minimum Gasteiger partial charge on any atom is -0.388 e. The van der Waals surface area contributed by atoms with Crippen LogP contribution in [-0.2, 0) is 0 Å². The lowest BCUT2D eigenvalue weighted by Crippen LogP contribution is -2.07. The molecule has 5 radical (unpaired) electrons. The van der Waals surface area contributed by atoms with Gasteiger partial charge in [0.15, 0.2) is 0 Å². The summed E-state index contributed by atoms with van der Waals surface area (Å²) >= 11 is 0. The molecule has 0 spiro atoms. The van der Waals surface area contributed by atoms with Crippen molar-refractivity contribution in [1.29, 1.82) is 0 Å². The molecule has 1 atom stereocenters. The summed E-state index contributed by atoms with van der Waals surface area (Å²) in [5, 5.41) is 9.88. The highest BCUT2D eigenvalue weighted by molar-refractivity contribution is 5.41. The van der Waals surface area contributed by atoms with E-state index in [0.717, 1.165) is 11.5 Å². The van der Waals surface area contributed by atoms with Crippen molar-refractivity contribution < 1.29 is 5.11 Å². The van der Waals surface area contributed by atoms with Gasteiger partial charge in [-0.3, -0.25) is 0 Å². The van der Waals surface area contributed by atoms with Gasteiger partial charge in [-0.25, -0.2) is 0 Å². The Labute approximate surface area is 79.4 Å². The van der Waals surface area contributed by atoms with Gasteiger partial charge < -0.3 is 5.11 Å². The van der Waals surface area contributed by atoms with Crippen LogP contribution in [-0.4, -0.2) is 5.11 Å². The Hall–Kier alpha value is -0.820. The van der Waals surface area contributed by atoms with Gasteiger partial charge in [-0.1, -0.05) is 30.3 Å². The normalized spacial score (nSPS) is 20.4. The maximum absolute atomic E-state index is 9.88. The zero-order chi connectivity index (χ0) is 9.10. The van der Waals surface area contributed by atoms with Crippen LogP contribution in [0.3, 0.4) is 0 Å². The molecule has 1 aliphatic rings. The molecule has 0 aliphatic heterocycles. The summed E-state index contributed by atoms with van der Waals surface area (Å²) < 4.78 is 0. The number of aliphatic hydroxyl groups excluding tert-OH is 1. The van der Waals surface area contributed by atoms with Gasteiger partial charge in [0.05, 0.1) is 6.10 Å². The van der Waals surface area contributed by atoms with Crippen molar-refractivity contribution in [2.45, 2.75) is 6.10 Å². The Morgan fingerprint density at radius 1 is 0.923 bits per heavy atom. The first-order valence-electron chi connectivity index (χ1n) is 4.32. The van der Waals surface area contributed by atoms with Crippen LogP contribution >= 0.6 is 0 Å². The zero-order valence-electron chi connectivity index (χ0n) is 7.22. The summed E-state index contributed by atoms with van der Waals surface area (Å²) in [6.07, 6.45) is 7.23. The Balaban J connectivity index is 2.08. The minimum atomic E-state index is -0.490. The van der Waals surface area contributed by atoms with E-state index >= 15 is 0 Å². The van der Waals surface area contributed by atoms with Gasteiger partial charge in [0.1, 0.15) is 0 Å². The van der Waals surface area contributed by atoms with Crippen LogP contribution < -0.4 is 0 Å². The molecular weight excluding hydrogens is 160 g/mol.